The first-order chi connectivity index (χ1) is 10.3. The molecule has 1 aliphatic rings. The highest BCUT2D eigenvalue weighted by molar-refractivity contribution is 5.31. The zero-order chi connectivity index (χ0) is 14.9. The minimum absolute atomic E-state index is 0.763. The van der Waals surface area contributed by atoms with Crippen molar-refractivity contribution in [3.63, 3.8) is 0 Å². The Hall–Kier alpha value is -1.55. The third-order valence-electron chi connectivity index (χ3n) is 4.91. The van der Waals surface area contributed by atoms with Crippen LogP contribution in [-0.4, -0.2) is 0 Å². The van der Waals surface area contributed by atoms with Crippen LogP contribution in [0.1, 0.15) is 62.5 Å². The van der Waals surface area contributed by atoms with E-state index in [2.05, 4.69) is 24.8 Å². The summed E-state index contributed by atoms with van der Waals surface area (Å²) >= 11 is 0. The van der Waals surface area contributed by atoms with Gasteiger partial charge >= 0.3 is 0 Å². The number of hydrogen-bond donors (Lipinski definition) is 0. The lowest BCUT2D eigenvalue weighted by molar-refractivity contribution is 0.251. The fourth-order valence-electron chi connectivity index (χ4n) is 3.48. The Morgan fingerprint density at radius 2 is 1.67 bits per heavy atom. The fourth-order valence-corrected chi connectivity index (χ4v) is 3.48. The second kappa shape index (κ2) is 8.67. The predicted molar refractivity (Wildman–Crippen MR) is 89.0 cm³/mol. The molecule has 2 rings (SSSR count). The van der Waals surface area contributed by atoms with E-state index >= 15 is 0 Å². The summed E-state index contributed by atoms with van der Waals surface area (Å²) < 4.78 is 0. The number of rotatable bonds is 7. The third-order valence-corrected chi connectivity index (χ3v) is 4.91. The molecule has 0 radical (unpaired) electrons. The van der Waals surface area contributed by atoms with Gasteiger partial charge in [-0.3, -0.25) is 0 Å². The zero-order valence-electron chi connectivity index (χ0n) is 13.1. The first-order valence-corrected chi connectivity index (χ1v) is 8.41. The van der Waals surface area contributed by atoms with Crippen LogP contribution >= 0.6 is 0 Å². The lowest BCUT2D eigenvalue weighted by Crippen LogP contribution is -2.15. The second-order valence-corrected chi connectivity index (χ2v) is 6.45. The maximum absolute atomic E-state index is 8.81. The molecule has 1 fully saturated rings. The van der Waals surface area contributed by atoms with Crippen molar-refractivity contribution in [3.05, 3.63) is 48.0 Å². The van der Waals surface area contributed by atoms with Gasteiger partial charge in [-0.25, -0.2) is 0 Å². The molecule has 1 nitrogen and oxygen atoms in total. The second-order valence-electron chi connectivity index (χ2n) is 6.45. The van der Waals surface area contributed by atoms with Gasteiger partial charge in [0.15, 0.2) is 0 Å². The van der Waals surface area contributed by atoms with Gasteiger partial charge in [0.2, 0.25) is 0 Å². The summed E-state index contributed by atoms with van der Waals surface area (Å²) in [6, 6.07) is 10.3. The molecule has 0 aliphatic heterocycles. The molecule has 1 aliphatic carbocycles. The highest BCUT2D eigenvalue weighted by Gasteiger charge is 2.20. The molecular weight excluding hydrogens is 254 g/mol. The number of nitriles is 1. The van der Waals surface area contributed by atoms with Crippen LogP contribution in [0.3, 0.4) is 0 Å². The molecule has 0 unspecified atom stereocenters. The Morgan fingerprint density at radius 1 is 1.05 bits per heavy atom. The Kier molecular flexibility index (Phi) is 6.54. The maximum atomic E-state index is 8.81. The number of benzene rings is 1. The van der Waals surface area contributed by atoms with E-state index in [9.17, 15) is 0 Å². The largest absolute Gasteiger partial charge is 0.192 e. The summed E-state index contributed by atoms with van der Waals surface area (Å²) in [5, 5.41) is 8.81. The fraction of sp³-hybridized carbons (Fsp3) is 0.550. The van der Waals surface area contributed by atoms with Crippen LogP contribution < -0.4 is 0 Å². The SMILES string of the molecule is C=CCCC[C@H]1CC[C@H](CCc2ccc(C#N)cc2)CC1. The molecule has 1 saturated carbocycles. The molecule has 21 heavy (non-hydrogen) atoms. The van der Waals surface area contributed by atoms with Crippen LogP contribution in [0.5, 0.6) is 0 Å². The van der Waals surface area contributed by atoms with Gasteiger partial charge in [-0.15, -0.1) is 6.58 Å². The average Bonchev–Trinajstić information content (AvgIpc) is 2.55. The van der Waals surface area contributed by atoms with E-state index in [4.69, 9.17) is 5.26 Å². The van der Waals surface area contributed by atoms with Crippen LogP contribution in [0.15, 0.2) is 36.9 Å². The molecule has 0 heterocycles. The quantitative estimate of drug-likeness (QED) is 0.467. The smallest absolute Gasteiger partial charge is 0.0991 e. The third kappa shape index (κ3) is 5.38. The van der Waals surface area contributed by atoms with Crippen molar-refractivity contribution in [1.29, 1.82) is 5.26 Å². The molecule has 0 amide bonds. The number of allylic oxidation sites excluding steroid dienone is 1. The molecule has 1 aromatic carbocycles. The first kappa shape index (κ1) is 15.8. The molecule has 112 valence electrons. The summed E-state index contributed by atoms with van der Waals surface area (Å²) in [6.07, 6.45) is 14.1. The Bertz CT molecular complexity index is 458. The number of nitrogens with zero attached hydrogens (tertiary/aromatic N) is 1. The van der Waals surface area contributed by atoms with Gasteiger partial charge in [0.25, 0.3) is 0 Å². The standard InChI is InChI=1S/C20H27N/c1-2-3-4-5-17-6-8-18(9-7-17)10-11-19-12-14-20(16-21)15-13-19/h2,12-15,17-18H,1,3-11H2/t17-,18-. The molecule has 0 atom stereocenters. The molecular formula is C20H27N. The van der Waals surface area contributed by atoms with Crippen molar-refractivity contribution in [2.45, 2.75) is 57.8 Å². The Morgan fingerprint density at radius 3 is 2.24 bits per heavy atom. The minimum Gasteiger partial charge on any atom is -0.192 e. The van der Waals surface area contributed by atoms with Crippen LogP contribution in [0.25, 0.3) is 0 Å². The predicted octanol–water partition coefficient (Wildman–Crippen LogP) is 5.65. The van der Waals surface area contributed by atoms with Crippen molar-refractivity contribution in [3.8, 4) is 6.07 Å². The molecule has 0 spiro atoms. The summed E-state index contributed by atoms with van der Waals surface area (Å²) in [7, 11) is 0. The monoisotopic (exact) mass is 281 g/mol. The van der Waals surface area contributed by atoms with Crippen molar-refractivity contribution >= 4 is 0 Å². The van der Waals surface area contributed by atoms with Gasteiger partial charge in [-0.05, 0) is 55.2 Å². The van der Waals surface area contributed by atoms with E-state index in [1.807, 2.05) is 18.2 Å². The lowest BCUT2D eigenvalue weighted by Gasteiger charge is -2.28. The van der Waals surface area contributed by atoms with Crippen LogP contribution in [0.4, 0.5) is 0 Å². The maximum Gasteiger partial charge on any atom is 0.0991 e. The van der Waals surface area contributed by atoms with Crippen molar-refractivity contribution < 1.29 is 0 Å². The summed E-state index contributed by atoms with van der Waals surface area (Å²) in [5.74, 6) is 1.88. The highest BCUT2D eigenvalue weighted by atomic mass is 14.3. The number of aryl methyl sites for hydroxylation is 1. The van der Waals surface area contributed by atoms with Gasteiger partial charge in [0.05, 0.1) is 11.6 Å². The van der Waals surface area contributed by atoms with Crippen molar-refractivity contribution in [1.82, 2.24) is 0 Å². The molecule has 0 N–H and O–H groups in total. The molecule has 1 heteroatoms. The van der Waals surface area contributed by atoms with Gasteiger partial charge < -0.3 is 0 Å². The van der Waals surface area contributed by atoms with Gasteiger partial charge in [-0.1, -0.05) is 50.3 Å². The Balaban J connectivity index is 1.66. The first-order valence-electron chi connectivity index (χ1n) is 8.41. The van der Waals surface area contributed by atoms with E-state index in [1.165, 1.54) is 56.9 Å². The van der Waals surface area contributed by atoms with Gasteiger partial charge in [0.1, 0.15) is 0 Å². The number of hydrogen-bond acceptors (Lipinski definition) is 1. The number of unbranched alkanes of at least 4 members (excludes halogenated alkanes) is 1. The van der Waals surface area contributed by atoms with Crippen molar-refractivity contribution in [2.75, 3.05) is 0 Å². The summed E-state index contributed by atoms with van der Waals surface area (Å²) in [4.78, 5) is 0. The van der Waals surface area contributed by atoms with E-state index in [0.29, 0.717) is 0 Å². The normalized spacial score (nSPS) is 21.7. The summed E-state index contributed by atoms with van der Waals surface area (Å²) in [6.45, 7) is 3.80. The molecule has 1 aromatic rings. The molecule has 0 bridgehead atoms. The summed E-state index contributed by atoms with van der Waals surface area (Å²) in [5.41, 5.74) is 2.14. The minimum atomic E-state index is 0.763. The van der Waals surface area contributed by atoms with Crippen LogP contribution in [0.2, 0.25) is 0 Å². The topological polar surface area (TPSA) is 23.8 Å². The molecule has 0 aromatic heterocycles. The van der Waals surface area contributed by atoms with E-state index < -0.39 is 0 Å². The van der Waals surface area contributed by atoms with Gasteiger partial charge in [0, 0.05) is 0 Å². The van der Waals surface area contributed by atoms with Crippen molar-refractivity contribution in [2.24, 2.45) is 11.8 Å². The Labute approximate surface area is 129 Å². The van der Waals surface area contributed by atoms with E-state index in [-0.39, 0.29) is 0 Å². The average molecular weight is 281 g/mol. The van der Waals surface area contributed by atoms with Gasteiger partial charge in [-0.2, -0.15) is 5.26 Å². The van der Waals surface area contributed by atoms with E-state index in [0.717, 1.165) is 23.8 Å². The zero-order valence-corrected chi connectivity index (χ0v) is 13.1. The lowest BCUT2D eigenvalue weighted by atomic mass is 9.78. The van der Waals surface area contributed by atoms with Crippen LogP contribution in [-0.2, 0) is 6.42 Å². The molecule has 0 saturated heterocycles. The highest BCUT2D eigenvalue weighted by Crippen LogP contribution is 2.34. The van der Waals surface area contributed by atoms with E-state index in [1.54, 1.807) is 0 Å². The van der Waals surface area contributed by atoms with Crippen LogP contribution in [0, 0.1) is 23.2 Å².